The maximum absolute atomic E-state index is 13.2. The van der Waals surface area contributed by atoms with E-state index in [1.807, 2.05) is 13.0 Å². The van der Waals surface area contributed by atoms with E-state index in [1.165, 1.54) is 26.4 Å². The van der Waals surface area contributed by atoms with E-state index < -0.39 is 22.5 Å². The molecule has 9 heteroatoms. The van der Waals surface area contributed by atoms with Crippen LogP contribution >= 0.6 is 23.2 Å². The lowest BCUT2D eigenvalue weighted by atomic mass is 10.2. The largest absolute Gasteiger partial charge is 0.495 e. The molecule has 140 valence electrons. The summed E-state index contributed by atoms with van der Waals surface area (Å²) in [6.07, 6.45) is 0. The number of benzene rings is 2. The van der Waals surface area contributed by atoms with Crippen LogP contribution in [0.5, 0.6) is 5.75 Å². The number of halogens is 2. The first-order chi connectivity index (χ1) is 12.2. The smallest absolute Gasteiger partial charge is 0.326 e. The summed E-state index contributed by atoms with van der Waals surface area (Å²) in [4.78, 5) is 11.6. The summed E-state index contributed by atoms with van der Waals surface area (Å²) in [5.74, 6) is -0.475. The van der Waals surface area contributed by atoms with Crippen LogP contribution in [0, 0.1) is 6.92 Å². The van der Waals surface area contributed by atoms with Crippen molar-refractivity contribution in [2.24, 2.45) is 0 Å². The van der Waals surface area contributed by atoms with Crippen molar-refractivity contribution in [2.75, 3.05) is 25.1 Å². The highest BCUT2D eigenvalue weighted by Crippen LogP contribution is 2.38. The van der Waals surface area contributed by atoms with Gasteiger partial charge in [0.2, 0.25) is 0 Å². The molecule has 0 bridgehead atoms. The summed E-state index contributed by atoms with van der Waals surface area (Å²) < 4.78 is 37.0. The number of sulfonamides is 1. The van der Waals surface area contributed by atoms with Crippen molar-refractivity contribution in [3.8, 4) is 5.75 Å². The molecule has 0 saturated carbocycles. The molecule has 2 aromatic carbocycles. The van der Waals surface area contributed by atoms with Crippen LogP contribution in [0.25, 0.3) is 0 Å². The molecule has 0 saturated heterocycles. The van der Waals surface area contributed by atoms with Gasteiger partial charge < -0.3 is 9.47 Å². The Morgan fingerprint density at radius 2 is 1.81 bits per heavy atom. The maximum Gasteiger partial charge on any atom is 0.326 e. The van der Waals surface area contributed by atoms with Crippen molar-refractivity contribution in [3.63, 3.8) is 0 Å². The van der Waals surface area contributed by atoms with Gasteiger partial charge in [-0.25, -0.2) is 8.42 Å². The summed E-state index contributed by atoms with van der Waals surface area (Å²) in [5, 5.41) is -0.217. The van der Waals surface area contributed by atoms with Gasteiger partial charge in [-0.1, -0.05) is 35.3 Å². The third kappa shape index (κ3) is 4.06. The zero-order valence-electron chi connectivity index (χ0n) is 14.3. The lowest BCUT2D eigenvalue weighted by molar-refractivity contribution is -0.138. The predicted molar refractivity (Wildman–Crippen MR) is 101 cm³/mol. The van der Waals surface area contributed by atoms with Crippen LogP contribution in [0.4, 0.5) is 5.69 Å². The van der Waals surface area contributed by atoms with Crippen LogP contribution in [0.2, 0.25) is 10.0 Å². The number of nitrogens with zero attached hydrogens (tertiary/aromatic N) is 1. The van der Waals surface area contributed by atoms with Gasteiger partial charge in [0.1, 0.15) is 22.2 Å². The molecule has 0 aliphatic heterocycles. The molecular weight excluding hydrogens is 401 g/mol. The fraction of sp³-hybridized carbons (Fsp3) is 0.235. The monoisotopic (exact) mass is 417 g/mol. The van der Waals surface area contributed by atoms with Crippen molar-refractivity contribution in [3.05, 3.63) is 52.0 Å². The molecule has 0 aliphatic carbocycles. The fourth-order valence-electron chi connectivity index (χ4n) is 2.27. The minimum absolute atomic E-state index is 0.0301. The SMILES string of the molecule is COC(=O)CN(c1cccc(C)c1)S(=O)(=O)c1ccc(OC)c(Cl)c1Cl. The van der Waals surface area contributed by atoms with Crippen molar-refractivity contribution in [2.45, 2.75) is 11.8 Å². The average Bonchev–Trinajstić information content (AvgIpc) is 2.61. The quantitative estimate of drug-likeness (QED) is 0.670. The number of carbonyl (C=O) groups is 1. The third-order valence-electron chi connectivity index (χ3n) is 3.59. The molecule has 0 fully saturated rings. The number of hydrogen-bond acceptors (Lipinski definition) is 5. The van der Waals surface area contributed by atoms with Gasteiger partial charge in [-0.2, -0.15) is 0 Å². The molecule has 6 nitrogen and oxygen atoms in total. The van der Waals surface area contributed by atoms with Crippen molar-refractivity contribution < 1.29 is 22.7 Å². The van der Waals surface area contributed by atoms with Gasteiger partial charge in [-0.3, -0.25) is 9.10 Å². The number of methoxy groups -OCH3 is 2. The van der Waals surface area contributed by atoms with Gasteiger partial charge in [0.15, 0.2) is 0 Å². The molecule has 0 aromatic heterocycles. The molecule has 0 unspecified atom stereocenters. The van der Waals surface area contributed by atoms with E-state index in [4.69, 9.17) is 27.9 Å². The van der Waals surface area contributed by atoms with Gasteiger partial charge in [0.05, 0.1) is 24.9 Å². The summed E-state index contributed by atoms with van der Waals surface area (Å²) >= 11 is 12.2. The van der Waals surface area contributed by atoms with Crippen LogP contribution in [0.3, 0.4) is 0 Å². The van der Waals surface area contributed by atoms with Crippen LogP contribution in [-0.2, 0) is 19.6 Å². The van der Waals surface area contributed by atoms with Gasteiger partial charge in [0, 0.05) is 0 Å². The Labute approximate surface area is 162 Å². The second-order valence-electron chi connectivity index (χ2n) is 5.32. The average molecular weight is 418 g/mol. The molecular formula is C17H17Cl2NO5S. The second kappa shape index (κ2) is 8.16. The van der Waals surface area contributed by atoms with E-state index in [0.29, 0.717) is 5.69 Å². The Morgan fingerprint density at radius 3 is 2.38 bits per heavy atom. The molecule has 0 spiro atoms. The first kappa shape index (κ1) is 20.4. The first-order valence-electron chi connectivity index (χ1n) is 7.40. The summed E-state index contributed by atoms with van der Waals surface area (Å²) in [6, 6.07) is 9.39. The van der Waals surface area contributed by atoms with Crippen LogP contribution in [0.1, 0.15) is 5.56 Å². The fourth-order valence-corrected chi connectivity index (χ4v) is 4.49. The molecule has 0 heterocycles. The minimum atomic E-state index is -4.19. The van der Waals surface area contributed by atoms with Gasteiger partial charge in [0.25, 0.3) is 10.0 Å². The number of hydrogen-bond donors (Lipinski definition) is 0. The van der Waals surface area contributed by atoms with Crippen molar-refractivity contribution >= 4 is 44.9 Å². The highest BCUT2D eigenvalue weighted by Gasteiger charge is 2.31. The maximum atomic E-state index is 13.2. The Hall–Kier alpha value is -1.96. The zero-order valence-corrected chi connectivity index (χ0v) is 16.7. The molecule has 0 atom stereocenters. The predicted octanol–water partition coefficient (Wildman–Crippen LogP) is 3.68. The topological polar surface area (TPSA) is 72.9 Å². The highest BCUT2D eigenvalue weighted by atomic mass is 35.5. The van der Waals surface area contributed by atoms with E-state index >= 15 is 0 Å². The molecule has 0 radical (unpaired) electrons. The van der Waals surface area contributed by atoms with Crippen LogP contribution in [-0.4, -0.2) is 35.2 Å². The minimum Gasteiger partial charge on any atom is -0.495 e. The van der Waals surface area contributed by atoms with E-state index in [-0.39, 0.29) is 20.7 Å². The van der Waals surface area contributed by atoms with Gasteiger partial charge >= 0.3 is 5.97 Å². The first-order valence-corrected chi connectivity index (χ1v) is 9.60. The molecule has 26 heavy (non-hydrogen) atoms. The van der Waals surface area contributed by atoms with Crippen LogP contribution < -0.4 is 9.04 Å². The van der Waals surface area contributed by atoms with Gasteiger partial charge in [-0.15, -0.1) is 0 Å². The van der Waals surface area contributed by atoms with E-state index in [1.54, 1.807) is 18.2 Å². The zero-order chi connectivity index (χ0) is 19.5. The van der Waals surface area contributed by atoms with E-state index in [2.05, 4.69) is 4.74 Å². The number of carbonyl (C=O) groups excluding carboxylic acids is 1. The Kier molecular flexibility index (Phi) is 6.39. The summed E-state index contributed by atoms with van der Waals surface area (Å²) in [5.41, 5.74) is 1.13. The number of ether oxygens (including phenoxy) is 2. The summed E-state index contributed by atoms with van der Waals surface area (Å²) in [7, 11) is -1.62. The van der Waals surface area contributed by atoms with Crippen molar-refractivity contribution in [1.29, 1.82) is 0 Å². The van der Waals surface area contributed by atoms with E-state index in [0.717, 1.165) is 9.87 Å². The Bertz CT molecular complexity index is 931. The summed E-state index contributed by atoms with van der Waals surface area (Å²) in [6.45, 7) is 1.30. The standard InChI is InChI=1S/C17H17Cl2NO5S/c1-11-5-4-6-12(9-11)20(10-15(21)25-3)26(22,23)14-8-7-13(24-2)16(18)17(14)19/h4-9H,10H2,1-3H3. The number of aryl methyl sites for hydroxylation is 1. The van der Waals surface area contributed by atoms with Gasteiger partial charge in [-0.05, 0) is 36.8 Å². The normalized spacial score (nSPS) is 11.1. The lowest BCUT2D eigenvalue weighted by Gasteiger charge is -2.24. The number of esters is 1. The molecule has 0 amide bonds. The molecule has 0 N–H and O–H groups in total. The lowest BCUT2D eigenvalue weighted by Crippen LogP contribution is -2.36. The molecule has 2 aromatic rings. The van der Waals surface area contributed by atoms with Crippen molar-refractivity contribution in [1.82, 2.24) is 0 Å². The third-order valence-corrected chi connectivity index (χ3v) is 6.38. The molecule has 0 aliphatic rings. The number of anilines is 1. The second-order valence-corrected chi connectivity index (χ2v) is 7.91. The molecule has 2 rings (SSSR count). The highest BCUT2D eigenvalue weighted by molar-refractivity contribution is 7.93. The van der Waals surface area contributed by atoms with E-state index in [9.17, 15) is 13.2 Å². The Balaban J connectivity index is 2.63. The van der Waals surface area contributed by atoms with Crippen LogP contribution in [0.15, 0.2) is 41.3 Å². The number of rotatable bonds is 6. The Morgan fingerprint density at radius 1 is 1.12 bits per heavy atom.